The number of rotatable bonds is 7. The Balaban J connectivity index is 0.000000172. The Morgan fingerprint density at radius 2 is 1.33 bits per heavy atom. The Morgan fingerprint density at radius 3 is 1.86 bits per heavy atom. The fraction of sp³-hybridized carbons (Fsp3) is 0.326. The molecule has 3 atom stereocenters. The van der Waals surface area contributed by atoms with Gasteiger partial charge in [0.15, 0.2) is 11.6 Å². The second-order valence-corrected chi connectivity index (χ2v) is 14.8. The van der Waals surface area contributed by atoms with Crippen molar-refractivity contribution < 1.29 is 33.3 Å². The Labute approximate surface area is 333 Å². The molecule has 13 nitrogen and oxygen atoms in total. The molecule has 4 aromatic carbocycles. The molecule has 1 amide bonds. The fourth-order valence-corrected chi connectivity index (χ4v) is 7.58. The smallest absolute Gasteiger partial charge is 0.407 e. The molecular weight excluding hydrogens is 747 g/mol. The van der Waals surface area contributed by atoms with Crippen LogP contribution < -0.4 is 20.9 Å². The lowest BCUT2D eigenvalue weighted by Crippen LogP contribution is -2.39. The molecule has 0 saturated carbocycles. The van der Waals surface area contributed by atoms with Crippen molar-refractivity contribution in [2.24, 2.45) is 5.73 Å². The number of anilines is 2. The molecule has 9 rings (SSSR count). The number of halogens is 2. The first kappa shape index (κ1) is 38.7. The van der Waals surface area contributed by atoms with Crippen molar-refractivity contribution in [1.82, 2.24) is 25.3 Å². The predicted octanol–water partition coefficient (Wildman–Crippen LogP) is 6.69. The number of alkyl carbamates (subject to hydrolysis) is 1. The SMILES string of the molecule is N[C@@H]1CCN(c2nc(-c3ccccc3O)nc3ccc(F)cc23)C1.O=C(N[C@@H]1CCN(c2nc(-c3ccccc3O)nc3ccc(F)cc23)C1)OCC1CCCCO1. The Kier molecular flexibility index (Phi) is 11.4. The van der Waals surface area contributed by atoms with Crippen LogP contribution in [-0.4, -0.2) is 93.8 Å². The molecule has 300 valence electrons. The normalized spacial score (nSPS) is 19.3. The third-order valence-corrected chi connectivity index (χ3v) is 10.6. The molecule has 2 aromatic heterocycles. The lowest BCUT2D eigenvalue weighted by atomic mass is 10.1. The standard InChI is InChI=1S/C25H27FN4O4.C18H17FN4O/c26-16-8-9-21-20(13-16)24(29-23(28-21)19-6-1-2-7-22(19)31)30-11-10-17(14-30)27-25(32)34-15-18-5-3-4-12-33-18;19-11-5-6-15-14(9-11)18(23-8-7-12(20)10-23)22-17(21-15)13-3-1-2-4-16(13)24/h1-2,6-9,13,17-18,31H,3-5,10-12,14-15H2,(H,27,32);1-6,9,12,24H,7-8,10,20H2/t17-,18?;12-/m11/s1. The molecule has 5 N–H and O–H groups in total. The highest BCUT2D eigenvalue weighted by atomic mass is 19.1. The summed E-state index contributed by atoms with van der Waals surface area (Å²) in [6, 6.07) is 22.6. The van der Waals surface area contributed by atoms with Crippen LogP contribution in [-0.2, 0) is 9.47 Å². The summed E-state index contributed by atoms with van der Waals surface area (Å²) in [5.41, 5.74) is 8.27. The van der Waals surface area contributed by atoms with Gasteiger partial charge in [0.1, 0.15) is 41.4 Å². The van der Waals surface area contributed by atoms with E-state index in [0.29, 0.717) is 88.9 Å². The number of phenolic OH excluding ortho intramolecular Hbond substituents is 2. The van der Waals surface area contributed by atoms with Gasteiger partial charge in [0, 0.05) is 49.6 Å². The van der Waals surface area contributed by atoms with Crippen molar-refractivity contribution in [1.29, 1.82) is 0 Å². The molecule has 3 aliphatic rings. The molecule has 3 aliphatic heterocycles. The first-order chi connectivity index (χ1) is 28.2. The van der Waals surface area contributed by atoms with Crippen molar-refractivity contribution >= 4 is 39.5 Å². The quantitative estimate of drug-likeness (QED) is 0.135. The molecule has 15 heteroatoms. The van der Waals surface area contributed by atoms with E-state index in [1.54, 1.807) is 54.6 Å². The van der Waals surface area contributed by atoms with Gasteiger partial charge >= 0.3 is 6.09 Å². The van der Waals surface area contributed by atoms with Crippen molar-refractivity contribution in [3.8, 4) is 34.3 Å². The van der Waals surface area contributed by atoms with Crippen LogP contribution in [0.1, 0.15) is 32.1 Å². The van der Waals surface area contributed by atoms with Crippen LogP contribution in [0.25, 0.3) is 44.6 Å². The molecule has 5 heterocycles. The summed E-state index contributed by atoms with van der Waals surface area (Å²) in [4.78, 5) is 34.7. The molecule has 1 unspecified atom stereocenters. The maximum Gasteiger partial charge on any atom is 0.407 e. The molecule has 0 spiro atoms. The molecule has 3 fully saturated rings. The van der Waals surface area contributed by atoms with Crippen LogP contribution in [0, 0.1) is 11.6 Å². The van der Waals surface area contributed by atoms with E-state index in [4.69, 9.17) is 20.2 Å². The number of para-hydroxylation sites is 2. The zero-order valence-electron chi connectivity index (χ0n) is 31.7. The summed E-state index contributed by atoms with van der Waals surface area (Å²) < 4.78 is 38.8. The maximum atomic E-state index is 14.1. The number of fused-ring (bicyclic) bond motifs is 2. The minimum Gasteiger partial charge on any atom is -0.507 e. The lowest BCUT2D eigenvalue weighted by molar-refractivity contribution is -0.0226. The number of nitrogens with one attached hydrogen (secondary N) is 1. The van der Waals surface area contributed by atoms with Gasteiger partial charge in [0.25, 0.3) is 0 Å². The van der Waals surface area contributed by atoms with Crippen molar-refractivity contribution in [2.45, 2.75) is 50.3 Å². The Hall–Kier alpha value is -6.19. The highest BCUT2D eigenvalue weighted by Crippen LogP contribution is 2.35. The van der Waals surface area contributed by atoms with Crippen LogP contribution in [0.5, 0.6) is 11.5 Å². The van der Waals surface area contributed by atoms with Crippen LogP contribution >= 0.6 is 0 Å². The van der Waals surface area contributed by atoms with Crippen LogP contribution in [0.4, 0.5) is 25.2 Å². The van der Waals surface area contributed by atoms with E-state index in [0.717, 1.165) is 32.2 Å². The first-order valence-corrected chi connectivity index (χ1v) is 19.5. The monoisotopic (exact) mass is 790 g/mol. The molecular formula is C43H44F2N8O5. The molecule has 0 bridgehead atoms. The second kappa shape index (κ2) is 17.1. The Morgan fingerprint density at radius 1 is 0.759 bits per heavy atom. The zero-order valence-corrected chi connectivity index (χ0v) is 31.7. The summed E-state index contributed by atoms with van der Waals surface area (Å²) in [5, 5.41) is 24.6. The number of ether oxygens (including phenoxy) is 2. The van der Waals surface area contributed by atoms with E-state index in [1.165, 1.54) is 24.3 Å². The highest BCUT2D eigenvalue weighted by molar-refractivity contribution is 5.92. The fourth-order valence-electron chi connectivity index (χ4n) is 7.58. The van der Waals surface area contributed by atoms with Gasteiger partial charge in [-0.3, -0.25) is 0 Å². The second-order valence-electron chi connectivity index (χ2n) is 14.8. The maximum absolute atomic E-state index is 14.1. The van der Waals surface area contributed by atoms with E-state index in [2.05, 4.69) is 25.2 Å². The minimum absolute atomic E-state index is 0.0327. The zero-order chi connectivity index (χ0) is 40.2. The number of aromatic hydroxyl groups is 2. The number of nitrogens with zero attached hydrogens (tertiary/aromatic N) is 6. The lowest BCUT2D eigenvalue weighted by Gasteiger charge is -2.23. The van der Waals surface area contributed by atoms with Crippen LogP contribution in [0.15, 0.2) is 84.9 Å². The molecule has 0 radical (unpaired) electrons. The third kappa shape index (κ3) is 8.70. The highest BCUT2D eigenvalue weighted by Gasteiger charge is 2.29. The van der Waals surface area contributed by atoms with Crippen LogP contribution in [0.3, 0.4) is 0 Å². The van der Waals surface area contributed by atoms with Gasteiger partial charge in [-0.05, 0) is 92.8 Å². The number of benzene rings is 4. The summed E-state index contributed by atoms with van der Waals surface area (Å²) >= 11 is 0. The van der Waals surface area contributed by atoms with E-state index in [1.807, 2.05) is 11.0 Å². The number of amides is 1. The van der Waals surface area contributed by atoms with Gasteiger partial charge in [-0.1, -0.05) is 24.3 Å². The van der Waals surface area contributed by atoms with Gasteiger partial charge in [0.2, 0.25) is 0 Å². The van der Waals surface area contributed by atoms with E-state index >= 15 is 0 Å². The number of carbonyl (C=O) groups is 1. The predicted molar refractivity (Wildman–Crippen MR) is 217 cm³/mol. The number of aromatic nitrogens is 4. The largest absolute Gasteiger partial charge is 0.507 e. The first-order valence-electron chi connectivity index (χ1n) is 19.5. The average Bonchev–Trinajstić information content (AvgIpc) is 3.89. The van der Waals surface area contributed by atoms with E-state index in [-0.39, 0.29) is 47.9 Å². The van der Waals surface area contributed by atoms with Gasteiger partial charge in [0.05, 0.1) is 34.3 Å². The number of carbonyl (C=O) groups excluding carboxylic acids is 1. The summed E-state index contributed by atoms with van der Waals surface area (Å²) in [5.74, 6) is 1.48. The average molecular weight is 791 g/mol. The van der Waals surface area contributed by atoms with Crippen molar-refractivity contribution in [3.05, 3.63) is 96.6 Å². The van der Waals surface area contributed by atoms with E-state index in [9.17, 15) is 23.8 Å². The number of hydrogen-bond acceptors (Lipinski definition) is 12. The minimum atomic E-state index is -0.463. The van der Waals surface area contributed by atoms with Crippen molar-refractivity contribution in [2.75, 3.05) is 49.2 Å². The molecule has 0 aliphatic carbocycles. The number of phenols is 2. The summed E-state index contributed by atoms with van der Waals surface area (Å²) in [6.45, 7) is 3.52. The topological polar surface area (TPSA) is 172 Å². The molecule has 3 saturated heterocycles. The number of hydrogen-bond donors (Lipinski definition) is 4. The van der Waals surface area contributed by atoms with Gasteiger partial charge < -0.3 is 40.5 Å². The third-order valence-electron chi connectivity index (χ3n) is 10.6. The molecule has 6 aromatic rings. The summed E-state index contributed by atoms with van der Waals surface area (Å²) in [6.07, 6.45) is 4.11. The number of nitrogens with two attached hydrogens (primary N) is 1. The molecule has 58 heavy (non-hydrogen) atoms. The van der Waals surface area contributed by atoms with E-state index < -0.39 is 6.09 Å². The van der Waals surface area contributed by atoms with Crippen LogP contribution in [0.2, 0.25) is 0 Å². The Bertz CT molecular complexity index is 2430. The van der Waals surface area contributed by atoms with Gasteiger partial charge in [-0.15, -0.1) is 0 Å². The summed E-state index contributed by atoms with van der Waals surface area (Å²) in [7, 11) is 0. The van der Waals surface area contributed by atoms with Gasteiger partial charge in [-0.2, -0.15) is 0 Å². The van der Waals surface area contributed by atoms with Crippen molar-refractivity contribution in [3.63, 3.8) is 0 Å². The van der Waals surface area contributed by atoms with Gasteiger partial charge in [-0.25, -0.2) is 33.5 Å².